The lowest BCUT2D eigenvalue weighted by molar-refractivity contribution is 0.131. The van der Waals surface area contributed by atoms with E-state index in [1.807, 2.05) is 30.3 Å². The van der Waals surface area contributed by atoms with Crippen molar-refractivity contribution in [2.24, 2.45) is 0 Å². The summed E-state index contributed by atoms with van der Waals surface area (Å²) in [7, 11) is 0. The number of benzene rings is 1. The van der Waals surface area contributed by atoms with Gasteiger partial charge in [-0.25, -0.2) is 4.79 Å². The van der Waals surface area contributed by atoms with Crippen LogP contribution in [0.4, 0.5) is 4.79 Å². The molecule has 21 heavy (non-hydrogen) atoms. The van der Waals surface area contributed by atoms with Crippen molar-refractivity contribution in [1.29, 1.82) is 0 Å². The van der Waals surface area contributed by atoms with E-state index in [2.05, 4.69) is 10.6 Å². The van der Waals surface area contributed by atoms with Gasteiger partial charge in [0.2, 0.25) is 0 Å². The third-order valence-corrected chi connectivity index (χ3v) is 3.81. The average molecular weight is 292 g/mol. The number of carbonyl (C=O) groups is 1. The van der Waals surface area contributed by atoms with Crippen LogP contribution in [0.15, 0.2) is 30.3 Å². The SMILES string of the molecule is O=C(NC1CCC(NCCO)CC1)OCc1ccccc1. The number of hydrogen-bond acceptors (Lipinski definition) is 4. The Labute approximate surface area is 125 Å². The molecule has 1 aliphatic carbocycles. The van der Waals surface area contributed by atoms with Crippen molar-refractivity contribution < 1.29 is 14.6 Å². The summed E-state index contributed by atoms with van der Waals surface area (Å²) in [6.07, 6.45) is 3.59. The highest BCUT2D eigenvalue weighted by molar-refractivity contribution is 5.67. The molecule has 1 aromatic carbocycles. The minimum Gasteiger partial charge on any atom is -0.445 e. The van der Waals surface area contributed by atoms with Crippen molar-refractivity contribution in [3.63, 3.8) is 0 Å². The van der Waals surface area contributed by atoms with Crippen LogP contribution in [0, 0.1) is 0 Å². The van der Waals surface area contributed by atoms with E-state index in [-0.39, 0.29) is 18.7 Å². The zero-order valence-electron chi connectivity index (χ0n) is 12.3. The summed E-state index contributed by atoms with van der Waals surface area (Å²) in [6.45, 7) is 1.12. The number of nitrogens with one attached hydrogen (secondary N) is 2. The molecule has 3 N–H and O–H groups in total. The Morgan fingerprint density at radius 2 is 1.81 bits per heavy atom. The third kappa shape index (κ3) is 5.73. The highest BCUT2D eigenvalue weighted by atomic mass is 16.5. The van der Waals surface area contributed by atoms with Crippen molar-refractivity contribution in [3.05, 3.63) is 35.9 Å². The first-order valence-corrected chi connectivity index (χ1v) is 7.59. The molecule has 5 heteroatoms. The van der Waals surface area contributed by atoms with Crippen molar-refractivity contribution >= 4 is 6.09 Å². The molecule has 1 aliphatic rings. The van der Waals surface area contributed by atoms with E-state index in [1.54, 1.807) is 0 Å². The van der Waals surface area contributed by atoms with Gasteiger partial charge in [0.25, 0.3) is 0 Å². The van der Waals surface area contributed by atoms with Gasteiger partial charge in [0.1, 0.15) is 6.61 Å². The maximum absolute atomic E-state index is 11.8. The van der Waals surface area contributed by atoms with Gasteiger partial charge in [-0.15, -0.1) is 0 Å². The van der Waals surface area contributed by atoms with Crippen molar-refractivity contribution in [2.75, 3.05) is 13.2 Å². The zero-order chi connectivity index (χ0) is 14.9. The molecule has 1 saturated carbocycles. The molecule has 0 bridgehead atoms. The number of alkyl carbamates (subject to hydrolysis) is 1. The molecule has 0 aromatic heterocycles. The number of rotatable bonds is 6. The fourth-order valence-corrected chi connectivity index (χ4v) is 2.64. The molecule has 0 atom stereocenters. The standard InChI is InChI=1S/C16H24N2O3/c19-11-10-17-14-6-8-15(9-7-14)18-16(20)21-12-13-4-2-1-3-5-13/h1-5,14-15,17,19H,6-12H2,(H,18,20). The summed E-state index contributed by atoms with van der Waals surface area (Å²) in [4.78, 5) is 11.8. The van der Waals surface area contributed by atoms with Crippen LogP contribution in [0.3, 0.4) is 0 Å². The van der Waals surface area contributed by atoms with Gasteiger partial charge in [0, 0.05) is 18.6 Å². The van der Waals surface area contributed by atoms with E-state index in [0.29, 0.717) is 19.2 Å². The summed E-state index contributed by atoms with van der Waals surface area (Å²) < 4.78 is 5.22. The van der Waals surface area contributed by atoms with Crippen LogP contribution >= 0.6 is 0 Å². The lowest BCUT2D eigenvalue weighted by atomic mass is 9.91. The predicted octanol–water partition coefficient (Wildman–Crippen LogP) is 1.81. The van der Waals surface area contributed by atoms with E-state index in [4.69, 9.17) is 9.84 Å². The number of carbonyl (C=O) groups excluding carboxylic acids is 1. The van der Waals surface area contributed by atoms with Crippen molar-refractivity contribution in [2.45, 2.75) is 44.4 Å². The Hall–Kier alpha value is -1.59. The third-order valence-electron chi connectivity index (χ3n) is 3.81. The molecule has 1 fully saturated rings. The maximum Gasteiger partial charge on any atom is 0.407 e. The molecule has 2 rings (SSSR count). The van der Waals surface area contributed by atoms with E-state index in [1.165, 1.54) is 0 Å². The number of aliphatic hydroxyl groups excluding tert-OH is 1. The van der Waals surface area contributed by atoms with E-state index in [0.717, 1.165) is 31.2 Å². The summed E-state index contributed by atoms with van der Waals surface area (Å²) >= 11 is 0. The zero-order valence-corrected chi connectivity index (χ0v) is 12.3. The molecule has 0 unspecified atom stereocenters. The second-order valence-electron chi connectivity index (χ2n) is 5.43. The first kappa shape index (κ1) is 15.8. The molecule has 116 valence electrons. The van der Waals surface area contributed by atoms with Crippen LogP contribution in [0.5, 0.6) is 0 Å². The van der Waals surface area contributed by atoms with Crippen LogP contribution < -0.4 is 10.6 Å². The Bertz CT molecular complexity index is 417. The first-order valence-electron chi connectivity index (χ1n) is 7.59. The van der Waals surface area contributed by atoms with Crippen LogP contribution in [-0.4, -0.2) is 36.4 Å². The van der Waals surface area contributed by atoms with E-state index >= 15 is 0 Å². The molecule has 0 spiro atoms. The molecule has 1 amide bonds. The average Bonchev–Trinajstić information content (AvgIpc) is 2.53. The topological polar surface area (TPSA) is 70.6 Å². The van der Waals surface area contributed by atoms with Crippen molar-refractivity contribution in [3.8, 4) is 0 Å². The number of amides is 1. The molecule has 0 radical (unpaired) electrons. The fraction of sp³-hybridized carbons (Fsp3) is 0.562. The molecule has 0 aliphatic heterocycles. The summed E-state index contributed by atoms with van der Waals surface area (Å²) in [6, 6.07) is 10.3. The van der Waals surface area contributed by atoms with Gasteiger partial charge in [0.05, 0.1) is 6.61 Å². The van der Waals surface area contributed by atoms with Crippen LogP contribution in [0.25, 0.3) is 0 Å². The fourth-order valence-electron chi connectivity index (χ4n) is 2.64. The Kier molecular flexibility index (Phi) is 6.50. The maximum atomic E-state index is 11.8. The largest absolute Gasteiger partial charge is 0.445 e. The smallest absolute Gasteiger partial charge is 0.407 e. The van der Waals surface area contributed by atoms with Crippen LogP contribution in [0.1, 0.15) is 31.2 Å². The normalized spacial score (nSPS) is 21.8. The van der Waals surface area contributed by atoms with Gasteiger partial charge in [-0.2, -0.15) is 0 Å². The Morgan fingerprint density at radius 3 is 2.48 bits per heavy atom. The summed E-state index contributed by atoms with van der Waals surface area (Å²) in [5.41, 5.74) is 0.990. The van der Waals surface area contributed by atoms with E-state index < -0.39 is 0 Å². The lowest BCUT2D eigenvalue weighted by Crippen LogP contribution is -2.42. The van der Waals surface area contributed by atoms with Crippen LogP contribution in [-0.2, 0) is 11.3 Å². The van der Waals surface area contributed by atoms with Gasteiger partial charge in [-0.05, 0) is 31.2 Å². The molecule has 1 aromatic rings. The molecular formula is C16H24N2O3. The van der Waals surface area contributed by atoms with Gasteiger partial charge in [0.15, 0.2) is 0 Å². The minimum absolute atomic E-state index is 0.171. The molecular weight excluding hydrogens is 268 g/mol. The monoisotopic (exact) mass is 292 g/mol. The number of aliphatic hydroxyl groups is 1. The number of ether oxygens (including phenoxy) is 1. The number of hydrogen-bond donors (Lipinski definition) is 3. The quantitative estimate of drug-likeness (QED) is 0.748. The second-order valence-corrected chi connectivity index (χ2v) is 5.43. The van der Waals surface area contributed by atoms with Gasteiger partial charge < -0.3 is 20.5 Å². The van der Waals surface area contributed by atoms with Gasteiger partial charge in [-0.3, -0.25) is 0 Å². The molecule has 0 heterocycles. The Morgan fingerprint density at radius 1 is 1.14 bits per heavy atom. The second kappa shape index (κ2) is 8.64. The molecule has 5 nitrogen and oxygen atoms in total. The summed E-state index contributed by atoms with van der Waals surface area (Å²) in [5.74, 6) is 0. The highest BCUT2D eigenvalue weighted by Crippen LogP contribution is 2.18. The van der Waals surface area contributed by atoms with E-state index in [9.17, 15) is 4.79 Å². The van der Waals surface area contributed by atoms with Crippen LogP contribution in [0.2, 0.25) is 0 Å². The highest BCUT2D eigenvalue weighted by Gasteiger charge is 2.22. The van der Waals surface area contributed by atoms with Gasteiger partial charge in [-0.1, -0.05) is 30.3 Å². The van der Waals surface area contributed by atoms with Crippen molar-refractivity contribution in [1.82, 2.24) is 10.6 Å². The summed E-state index contributed by atoms with van der Waals surface area (Å²) in [5, 5.41) is 15.0. The predicted molar refractivity (Wildman–Crippen MR) is 80.9 cm³/mol. The first-order chi connectivity index (χ1) is 10.3. The Balaban J connectivity index is 1.63. The molecule has 0 saturated heterocycles. The minimum atomic E-state index is -0.342. The van der Waals surface area contributed by atoms with Gasteiger partial charge >= 0.3 is 6.09 Å². The lowest BCUT2D eigenvalue weighted by Gasteiger charge is -2.29.